The van der Waals surface area contributed by atoms with Crippen molar-refractivity contribution in [1.29, 1.82) is 0 Å². The molecule has 0 aromatic heterocycles. The summed E-state index contributed by atoms with van der Waals surface area (Å²) in [6.07, 6.45) is 3.73. The molecule has 1 heterocycles. The Balaban J connectivity index is 2.50. The third-order valence-corrected chi connectivity index (χ3v) is 2.23. The highest BCUT2D eigenvalue weighted by Crippen LogP contribution is 2.11. The molecule has 1 aliphatic heterocycles. The Hall–Kier alpha value is -1.32. The van der Waals surface area contributed by atoms with E-state index in [0.717, 1.165) is 25.5 Å². The first kappa shape index (κ1) is 10.8. The van der Waals surface area contributed by atoms with Gasteiger partial charge in [0, 0.05) is 25.6 Å². The topological polar surface area (TPSA) is 57.6 Å². The molecule has 1 saturated heterocycles. The number of hydrogen-bond donors (Lipinski definition) is 1. The van der Waals surface area contributed by atoms with Gasteiger partial charge in [-0.15, -0.1) is 0 Å². The first-order valence-electron chi connectivity index (χ1n) is 4.77. The molecule has 0 aliphatic carbocycles. The summed E-state index contributed by atoms with van der Waals surface area (Å²) >= 11 is 0. The number of carboxylic acids is 1. The van der Waals surface area contributed by atoms with Gasteiger partial charge in [-0.1, -0.05) is 0 Å². The summed E-state index contributed by atoms with van der Waals surface area (Å²) in [4.78, 5) is 23.4. The Labute approximate surface area is 83.2 Å². The van der Waals surface area contributed by atoms with E-state index in [1.165, 1.54) is 0 Å². The second kappa shape index (κ2) is 4.79. The van der Waals surface area contributed by atoms with Gasteiger partial charge in [-0.3, -0.25) is 4.79 Å². The summed E-state index contributed by atoms with van der Waals surface area (Å²) in [6, 6.07) is 0. The molecule has 0 spiro atoms. The van der Waals surface area contributed by atoms with Crippen LogP contribution in [0.15, 0.2) is 11.6 Å². The maximum atomic E-state index is 11.4. The molecule has 1 rings (SSSR count). The average Bonchev–Trinajstić information content (AvgIpc) is 2.07. The molecule has 0 unspecified atom stereocenters. The van der Waals surface area contributed by atoms with E-state index >= 15 is 0 Å². The van der Waals surface area contributed by atoms with E-state index in [2.05, 4.69) is 0 Å². The molecule has 1 aliphatic rings. The van der Waals surface area contributed by atoms with Crippen molar-refractivity contribution in [3.8, 4) is 0 Å². The molecule has 78 valence electrons. The number of hydrogen-bond acceptors (Lipinski definition) is 2. The van der Waals surface area contributed by atoms with Crippen molar-refractivity contribution in [2.45, 2.75) is 26.2 Å². The maximum absolute atomic E-state index is 11.4. The van der Waals surface area contributed by atoms with Gasteiger partial charge in [-0.25, -0.2) is 4.79 Å². The zero-order valence-corrected chi connectivity index (χ0v) is 8.32. The summed E-state index contributed by atoms with van der Waals surface area (Å²) in [7, 11) is 0. The van der Waals surface area contributed by atoms with E-state index in [1.54, 1.807) is 11.8 Å². The van der Waals surface area contributed by atoms with E-state index in [1.807, 2.05) is 0 Å². The highest BCUT2D eigenvalue weighted by molar-refractivity contribution is 5.81. The van der Waals surface area contributed by atoms with Crippen molar-refractivity contribution in [2.75, 3.05) is 13.1 Å². The van der Waals surface area contributed by atoms with Crippen molar-refractivity contribution in [2.24, 2.45) is 0 Å². The number of carboxylic acid groups (broad SMARTS) is 1. The number of nitrogens with zero attached hydrogens (tertiary/aromatic N) is 1. The minimum atomic E-state index is -0.952. The van der Waals surface area contributed by atoms with Crippen molar-refractivity contribution in [3.05, 3.63) is 11.6 Å². The van der Waals surface area contributed by atoms with Crippen LogP contribution in [0.25, 0.3) is 0 Å². The molecule has 0 bridgehead atoms. The maximum Gasteiger partial charge on any atom is 0.328 e. The molecule has 0 aromatic rings. The van der Waals surface area contributed by atoms with Crippen LogP contribution in [0.3, 0.4) is 0 Å². The quantitative estimate of drug-likeness (QED) is 0.687. The summed E-state index contributed by atoms with van der Waals surface area (Å²) in [5, 5.41) is 8.50. The van der Waals surface area contributed by atoms with Crippen LogP contribution in [-0.2, 0) is 9.59 Å². The van der Waals surface area contributed by atoms with Crippen molar-refractivity contribution < 1.29 is 14.7 Å². The lowest BCUT2D eigenvalue weighted by atomic mass is 10.1. The number of likely N-dealkylation sites (tertiary alicyclic amines) is 1. The van der Waals surface area contributed by atoms with Crippen molar-refractivity contribution >= 4 is 11.9 Å². The number of piperidine rings is 1. The Bertz CT molecular complexity index is 271. The molecule has 14 heavy (non-hydrogen) atoms. The summed E-state index contributed by atoms with van der Waals surface area (Å²) in [5.74, 6) is -0.818. The van der Waals surface area contributed by atoms with E-state index < -0.39 is 5.97 Å². The molecule has 1 amide bonds. The van der Waals surface area contributed by atoms with Gasteiger partial charge in [0.15, 0.2) is 0 Å². The van der Waals surface area contributed by atoms with Crippen LogP contribution in [0.4, 0.5) is 0 Å². The predicted molar refractivity (Wildman–Crippen MR) is 51.8 cm³/mol. The van der Waals surface area contributed by atoms with Crippen LogP contribution in [0.2, 0.25) is 0 Å². The predicted octanol–water partition coefficient (Wildman–Crippen LogP) is 1.03. The lowest BCUT2D eigenvalue weighted by Gasteiger charge is -2.26. The van der Waals surface area contributed by atoms with Crippen molar-refractivity contribution in [1.82, 2.24) is 4.90 Å². The van der Waals surface area contributed by atoms with Crippen LogP contribution >= 0.6 is 0 Å². The van der Waals surface area contributed by atoms with Crippen LogP contribution in [0, 0.1) is 0 Å². The molecule has 0 aromatic carbocycles. The summed E-state index contributed by atoms with van der Waals surface area (Å²) < 4.78 is 0. The minimum Gasteiger partial charge on any atom is -0.478 e. The van der Waals surface area contributed by atoms with Crippen LogP contribution in [0.5, 0.6) is 0 Å². The number of aliphatic carboxylic acids is 1. The fourth-order valence-corrected chi connectivity index (χ4v) is 1.59. The molecular weight excluding hydrogens is 182 g/mol. The third kappa shape index (κ3) is 3.20. The minimum absolute atomic E-state index is 0.134. The molecule has 0 radical (unpaired) electrons. The van der Waals surface area contributed by atoms with E-state index in [9.17, 15) is 9.59 Å². The Morgan fingerprint density at radius 3 is 2.86 bits per heavy atom. The fourth-order valence-electron chi connectivity index (χ4n) is 1.59. The van der Waals surface area contributed by atoms with Crippen LogP contribution < -0.4 is 0 Å². The van der Waals surface area contributed by atoms with Crippen LogP contribution in [0.1, 0.15) is 26.2 Å². The molecule has 1 fully saturated rings. The Kier molecular flexibility index (Phi) is 3.68. The van der Waals surface area contributed by atoms with Gasteiger partial charge in [0.05, 0.1) is 0 Å². The fraction of sp³-hybridized carbons (Fsp3) is 0.600. The zero-order chi connectivity index (χ0) is 10.6. The van der Waals surface area contributed by atoms with E-state index in [-0.39, 0.29) is 5.91 Å². The molecule has 0 saturated carbocycles. The van der Waals surface area contributed by atoms with E-state index in [4.69, 9.17) is 5.11 Å². The smallest absolute Gasteiger partial charge is 0.328 e. The first-order chi connectivity index (χ1) is 6.59. The Morgan fingerprint density at radius 1 is 1.57 bits per heavy atom. The van der Waals surface area contributed by atoms with Gasteiger partial charge in [-0.05, 0) is 25.3 Å². The first-order valence-corrected chi connectivity index (χ1v) is 4.77. The lowest BCUT2D eigenvalue weighted by molar-refractivity contribution is -0.133. The van der Waals surface area contributed by atoms with Gasteiger partial charge in [0.2, 0.25) is 5.91 Å². The highest BCUT2D eigenvalue weighted by Gasteiger charge is 2.17. The molecular formula is C10H15NO3. The monoisotopic (exact) mass is 197 g/mol. The standard InChI is InChI=1S/C10H15NO3/c1-8(6-10(13)14)7-11-5-3-2-4-9(11)12/h6H,2-5,7H2,1H3,(H,13,14)/b8-6+. The number of amides is 1. The van der Waals surface area contributed by atoms with Gasteiger partial charge >= 0.3 is 5.97 Å². The number of carbonyl (C=O) groups is 2. The third-order valence-electron chi connectivity index (χ3n) is 2.23. The van der Waals surface area contributed by atoms with Gasteiger partial charge in [0.1, 0.15) is 0 Å². The number of rotatable bonds is 3. The summed E-state index contributed by atoms with van der Waals surface area (Å²) in [6.45, 7) is 2.94. The summed E-state index contributed by atoms with van der Waals surface area (Å²) in [5.41, 5.74) is 0.716. The molecule has 0 atom stereocenters. The normalized spacial score (nSPS) is 18.5. The second-order valence-electron chi connectivity index (χ2n) is 3.60. The number of carbonyl (C=O) groups excluding carboxylic acids is 1. The molecule has 4 heteroatoms. The van der Waals surface area contributed by atoms with Crippen LogP contribution in [-0.4, -0.2) is 35.0 Å². The van der Waals surface area contributed by atoms with Gasteiger partial charge in [-0.2, -0.15) is 0 Å². The van der Waals surface area contributed by atoms with Crippen molar-refractivity contribution in [3.63, 3.8) is 0 Å². The SMILES string of the molecule is C/C(=C\C(=O)O)CN1CCCCC1=O. The highest BCUT2D eigenvalue weighted by atomic mass is 16.4. The average molecular weight is 197 g/mol. The zero-order valence-electron chi connectivity index (χ0n) is 8.32. The lowest BCUT2D eigenvalue weighted by Crippen LogP contribution is -2.36. The van der Waals surface area contributed by atoms with E-state index in [0.29, 0.717) is 18.5 Å². The van der Waals surface area contributed by atoms with Gasteiger partial charge < -0.3 is 10.0 Å². The molecule has 1 N–H and O–H groups in total. The second-order valence-corrected chi connectivity index (χ2v) is 3.60. The Morgan fingerprint density at radius 2 is 2.29 bits per heavy atom. The molecule has 4 nitrogen and oxygen atoms in total. The van der Waals surface area contributed by atoms with Gasteiger partial charge in [0.25, 0.3) is 0 Å². The largest absolute Gasteiger partial charge is 0.478 e.